The van der Waals surface area contributed by atoms with E-state index in [0.717, 1.165) is 5.92 Å². The molecule has 1 heterocycles. The summed E-state index contributed by atoms with van der Waals surface area (Å²) in [6.07, 6.45) is 8.46. The number of hydrogen-bond acceptors (Lipinski definition) is 2. The standard InChI is InChI=1S/C14H28N2/c1-13(2)6-5-10-16-11-9-15-14(12-16)7-3-4-8-14/h13,15H,3-12H2,1-2H3. The van der Waals surface area contributed by atoms with Crippen molar-refractivity contribution in [1.29, 1.82) is 0 Å². The molecule has 2 heteroatoms. The number of nitrogens with zero attached hydrogens (tertiary/aromatic N) is 1. The fourth-order valence-electron chi connectivity index (χ4n) is 3.34. The van der Waals surface area contributed by atoms with Gasteiger partial charge in [0.25, 0.3) is 0 Å². The molecule has 1 aliphatic heterocycles. The van der Waals surface area contributed by atoms with Gasteiger partial charge < -0.3 is 10.2 Å². The van der Waals surface area contributed by atoms with Crippen LogP contribution in [0.1, 0.15) is 52.4 Å². The molecule has 0 aromatic carbocycles. The van der Waals surface area contributed by atoms with Gasteiger partial charge in [-0.05, 0) is 38.1 Å². The molecule has 0 atom stereocenters. The molecule has 2 fully saturated rings. The van der Waals surface area contributed by atoms with Crippen molar-refractivity contribution in [3.63, 3.8) is 0 Å². The fourth-order valence-corrected chi connectivity index (χ4v) is 3.34. The normalized spacial score (nSPS) is 25.7. The predicted octanol–water partition coefficient (Wildman–Crippen LogP) is 2.64. The first-order chi connectivity index (χ1) is 7.70. The molecule has 0 radical (unpaired) electrons. The van der Waals surface area contributed by atoms with Crippen LogP contribution >= 0.6 is 0 Å². The molecule has 2 rings (SSSR count). The number of hydrogen-bond donors (Lipinski definition) is 1. The van der Waals surface area contributed by atoms with Crippen molar-refractivity contribution in [3.05, 3.63) is 0 Å². The minimum Gasteiger partial charge on any atom is -0.309 e. The minimum atomic E-state index is 0.510. The summed E-state index contributed by atoms with van der Waals surface area (Å²) in [5.74, 6) is 0.864. The zero-order valence-electron chi connectivity index (χ0n) is 11.1. The van der Waals surface area contributed by atoms with Crippen molar-refractivity contribution in [1.82, 2.24) is 10.2 Å². The predicted molar refractivity (Wildman–Crippen MR) is 69.7 cm³/mol. The van der Waals surface area contributed by atoms with E-state index in [9.17, 15) is 0 Å². The summed E-state index contributed by atoms with van der Waals surface area (Å²) in [7, 11) is 0. The molecular weight excluding hydrogens is 196 g/mol. The summed E-state index contributed by atoms with van der Waals surface area (Å²) in [5, 5.41) is 3.78. The zero-order chi connectivity index (χ0) is 11.4. The van der Waals surface area contributed by atoms with Crippen LogP contribution in [0.3, 0.4) is 0 Å². The van der Waals surface area contributed by atoms with Crippen LogP contribution in [-0.4, -0.2) is 36.6 Å². The van der Waals surface area contributed by atoms with Gasteiger partial charge in [-0.1, -0.05) is 26.7 Å². The molecule has 0 aromatic rings. The van der Waals surface area contributed by atoms with Crippen LogP contribution in [0.25, 0.3) is 0 Å². The Morgan fingerprint density at radius 3 is 2.69 bits per heavy atom. The summed E-state index contributed by atoms with van der Waals surface area (Å²) in [5.41, 5.74) is 0.510. The van der Waals surface area contributed by atoms with E-state index >= 15 is 0 Å². The van der Waals surface area contributed by atoms with E-state index in [0.29, 0.717) is 5.54 Å². The highest BCUT2D eigenvalue weighted by Crippen LogP contribution is 2.31. The Morgan fingerprint density at radius 2 is 2.00 bits per heavy atom. The molecule has 0 bridgehead atoms. The Bertz CT molecular complexity index is 207. The van der Waals surface area contributed by atoms with Gasteiger partial charge in [-0.2, -0.15) is 0 Å². The third-order valence-corrected chi connectivity index (χ3v) is 4.27. The maximum absolute atomic E-state index is 3.78. The lowest BCUT2D eigenvalue weighted by atomic mass is 9.94. The summed E-state index contributed by atoms with van der Waals surface area (Å²) in [6.45, 7) is 9.76. The second-order valence-electron chi connectivity index (χ2n) is 6.23. The largest absolute Gasteiger partial charge is 0.309 e. The van der Waals surface area contributed by atoms with Crippen LogP contribution in [0.2, 0.25) is 0 Å². The molecule has 1 aliphatic carbocycles. The van der Waals surface area contributed by atoms with Crippen LogP contribution in [0.15, 0.2) is 0 Å². The van der Waals surface area contributed by atoms with Crippen molar-refractivity contribution in [3.8, 4) is 0 Å². The maximum Gasteiger partial charge on any atom is 0.0309 e. The molecule has 16 heavy (non-hydrogen) atoms. The van der Waals surface area contributed by atoms with E-state index < -0.39 is 0 Å². The SMILES string of the molecule is CC(C)CCCN1CCNC2(CCCC2)C1. The minimum absolute atomic E-state index is 0.510. The summed E-state index contributed by atoms with van der Waals surface area (Å²) < 4.78 is 0. The maximum atomic E-state index is 3.78. The lowest BCUT2D eigenvalue weighted by molar-refractivity contribution is 0.132. The quantitative estimate of drug-likeness (QED) is 0.790. The summed E-state index contributed by atoms with van der Waals surface area (Å²) in [6, 6.07) is 0. The molecule has 0 amide bonds. The van der Waals surface area contributed by atoms with E-state index in [1.165, 1.54) is 64.7 Å². The van der Waals surface area contributed by atoms with E-state index in [4.69, 9.17) is 0 Å². The monoisotopic (exact) mass is 224 g/mol. The van der Waals surface area contributed by atoms with Gasteiger partial charge in [0.15, 0.2) is 0 Å². The van der Waals surface area contributed by atoms with Gasteiger partial charge in [-0.15, -0.1) is 0 Å². The third kappa shape index (κ3) is 3.21. The van der Waals surface area contributed by atoms with Crippen LogP contribution in [0, 0.1) is 5.92 Å². The first-order valence-corrected chi connectivity index (χ1v) is 7.18. The van der Waals surface area contributed by atoms with Gasteiger partial charge in [0.05, 0.1) is 0 Å². The molecule has 1 saturated carbocycles. The first-order valence-electron chi connectivity index (χ1n) is 7.18. The van der Waals surface area contributed by atoms with Gasteiger partial charge in [0, 0.05) is 25.2 Å². The molecule has 0 aromatic heterocycles. The first kappa shape index (κ1) is 12.4. The Balaban J connectivity index is 1.74. The van der Waals surface area contributed by atoms with Crippen molar-refractivity contribution in [2.75, 3.05) is 26.2 Å². The second kappa shape index (κ2) is 5.50. The average Bonchev–Trinajstić information content (AvgIpc) is 2.66. The van der Waals surface area contributed by atoms with Crippen molar-refractivity contribution < 1.29 is 0 Å². The Kier molecular flexibility index (Phi) is 4.26. The van der Waals surface area contributed by atoms with Crippen molar-refractivity contribution >= 4 is 0 Å². The molecular formula is C14H28N2. The van der Waals surface area contributed by atoms with Crippen LogP contribution < -0.4 is 5.32 Å². The van der Waals surface area contributed by atoms with Gasteiger partial charge in [-0.25, -0.2) is 0 Å². The lowest BCUT2D eigenvalue weighted by Gasteiger charge is -2.41. The topological polar surface area (TPSA) is 15.3 Å². The molecule has 1 N–H and O–H groups in total. The Hall–Kier alpha value is -0.0800. The zero-order valence-corrected chi connectivity index (χ0v) is 11.1. The number of rotatable bonds is 4. The highest BCUT2D eigenvalue weighted by Gasteiger charge is 2.37. The van der Waals surface area contributed by atoms with Crippen molar-refractivity contribution in [2.24, 2.45) is 5.92 Å². The van der Waals surface area contributed by atoms with Gasteiger partial charge in [-0.3, -0.25) is 0 Å². The lowest BCUT2D eigenvalue weighted by Crippen LogP contribution is -2.59. The number of piperazine rings is 1. The Morgan fingerprint density at radius 1 is 1.25 bits per heavy atom. The van der Waals surface area contributed by atoms with Crippen LogP contribution in [0.5, 0.6) is 0 Å². The molecule has 2 nitrogen and oxygen atoms in total. The number of nitrogens with one attached hydrogen (secondary N) is 1. The molecule has 2 aliphatic rings. The smallest absolute Gasteiger partial charge is 0.0309 e. The van der Waals surface area contributed by atoms with E-state index in [1.807, 2.05) is 0 Å². The fraction of sp³-hybridized carbons (Fsp3) is 1.00. The molecule has 1 saturated heterocycles. The molecule has 1 spiro atoms. The summed E-state index contributed by atoms with van der Waals surface area (Å²) in [4.78, 5) is 2.70. The third-order valence-electron chi connectivity index (χ3n) is 4.27. The highest BCUT2D eigenvalue weighted by atomic mass is 15.2. The van der Waals surface area contributed by atoms with Crippen molar-refractivity contribution in [2.45, 2.75) is 57.9 Å². The van der Waals surface area contributed by atoms with Gasteiger partial charge in [0.2, 0.25) is 0 Å². The second-order valence-corrected chi connectivity index (χ2v) is 6.23. The Labute approximate surface area is 101 Å². The highest BCUT2D eigenvalue weighted by molar-refractivity contribution is 4.98. The van der Waals surface area contributed by atoms with Crippen LogP contribution in [-0.2, 0) is 0 Å². The summed E-state index contributed by atoms with van der Waals surface area (Å²) >= 11 is 0. The van der Waals surface area contributed by atoms with Crippen LogP contribution in [0.4, 0.5) is 0 Å². The molecule has 0 unspecified atom stereocenters. The van der Waals surface area contributed by atoms with E-state index in [1.54, 1.807) is 0 Å². The van der Waals surface area contributed by atoms with E-state index in [2.05, 4.69) is 24.1 Å². The van der Waals surface area contributed by atoms with Gasteiger partial charge >= 0.3 is 0 Å². The van der Waals surface area contributed by atoms with Gasteiger partial charge in [0.1, 0.15) is 0 Å². The average molecular weight is 224 g/mol. The van der Waals surface area contributed by atoms with E-state index in [-0.39, 0.29) is 0 Å². The molecule has 94 valence electrons.